The molecule has 4 aromatic heterocycles. The van der Waals surface area contributed by atoms with Gasteiger partial charge in [-0.2, -0.15) is 9.97 Å². The standard InChI is InChI=1S/C62H40N6/c1-4-18-41(19-5-1)44-24-16-25-46(38-44)48-29-17-30-52-51-28-12-15-33-57(51)68(59(48)52)62-65-60(43-22-8-3-9-23-43)64-61(66-62)47-34-36-54(63-40-47)53-39-45(42-20-6-2-7-21-42)35-37-58(53)67-55-31-13-10-26-49(55)50-27-11-14-32-56(50)67/h1-40H. The highest BCUT2D eigenvalue weighted by atomic mass is 15.2. The second-order valence-electron chi connectivity index (χ2n) is 17.0. The van der Waals surface area contributed by atoms with Gasteiger partial charge in [0, 0.05) is 50.0 Å². The topological polar surface area (TPSA) is 61.4 Å². The molecule has 0 amide bonds. The minimum Gasteiger partial charge on any atom is -0.309 e. The van der Waals surface area contributed by atoms with Crippen molar-refractivity contribution in [2.45, 2.75) is 0 Å². The molecule has 6 heteroatoms. The molecule has 6 nitrogen and oxygen atoms in total. The van der Waals surface area contributed by atoms with E-state index in [-0.39, 0.29) is 0 Å². The third-order valence-corrected chi connectivity index (χ3v) is 13.1. The number of rotatable bonds is 8. The predicted molar refractivity (Wildman–Crippen MR) is 279 cm³/mol. The van der Waals surface area contributed by atoms with Crippen LogP contribution in [0.5, 0.6) is 0 Å². The van der Waals surface area contributed by atoms with Crippen molar-refractivity contribution in [3.8, 4) is 79.0 Å². The van der Waals surface area contributed by atoms with Crippen molar-refractivity contribution in [2.24, 2.45) is 0 Å². The third-order valence-electron chi connectivity index (χ3n) is 13.1. The Hall–Kier alpha value is -9.26. The second kappa shape index (κ2) is 16.3. The maximum Gasteiger partial charge on any atom is 0.238 e. The van der Waals surface area contributed by atoms with Gasteiger partial charge in [0.1, 0.15) is 0 Å². The average molecular weight is 869 g/mol. The summed E-state index contributed by atoms with van der Waals surface area (Å²) in [5.41, 5.74) is 15.7. The van der Waals surface area contributed by atoms with Gasteiger partial charge in [0.15, 0.2) is 11.6 Å². The van der Waals surface area contributed by atoms with Crippen molar-refractivity contribution in [3.63, 3.8) is 0 Å². The molecule has 4 heterocycles. The molecule has 13 aromatic rings. The van der Waals surface area contributed by atoms with Crippen LogP contribution in [0.15, 0.2) is 243 Å². The van der Waals surface area contributed by atoms with Gasteiger partial charge in [-0.05, 0) is 76.3 Å². The monoisotopic (exact) mass is 868 g/mol. The minimum absolute atomic E-state index is 0.528. The molecule has 0 bridgehead atoms. The van der Waals surface area contributed by atoms with Gasteiger partial charge in [-0.25, -0.2) is 4.98 Å². The van der Waals surface area contributed by atoms with Crippen LogP contribution in [0.4, 0.5) is 0 Å². The summed E-state index contributed by atoms with van der Waals surface area (Å²) >= 11 is 0. The number of hydrogen-bond donors (Lipinski definition) is 0. The fourth-order valence-electron chi connectivity index (χ4n) is 9.88. The molecule has 0 aliphatic heterocycles. The lowest BCUT2D eigenvalue weighted by Gasteiger charge is -2.16. The maximum atomic E-state index is 5.35. The molecule has 0 N–H and O–H groups in total. The Bertz CT molecular complexity index is 3950. The van der Waals surface area contributed by atoms with Crippen molar-refractivity contribution < 1.29 is 0 Å². The number of hydrogen-bond acceptors (Lipinski definition) is 4. The Kier molecular flexibility index (Phi) is 9.39. The summed E-state index contributed by atoms with van der Waals surface area (Å²) in [4.78, 5) is 21.1. The summed E-state index contributed by atoms with van der Waals surface area (Å²) in [5.74, 6) is 1.64. The molecule has 9 aromatic carbocycles. The molecule has 0 radical (unpaired) electrons. The Morgan fingerprint density at radius 3 is 1.41 bits per heavy atom. The highest BCUT2D eigenvalue weighted by molar-refractivity contribution is 6.14. The van der Waals surface area contributed by atoms with Gasteiger partial charge in [0.2, 0.25) is 5.95 Å². The maximum absolute atomic E-state index is 5.35. The van der Waals surface area contributed by atoms with Gasteiger partial charge in [-0.1, -0.05) is 188 Å². The molecule has 0 unspecified atom stereocenters. The summed E-state index contributed by atoms with van der Waals surface area (Å²) in [5, 5.41) is 4.66. The number of aromatic nitrogens is 6. The van der Waals surface area contributed by atoms with E-state index in [1.165, 1.54) is 16.3 Å². The lowest BCUT2D eigenvalue weighted by molar-refractivity contribution is 0.953. The van der Waals surface area contributed by atoms with Crippen molar-refractivity contribution in [1.82, 2.24) is 29.1 Å². The van der Waals surface area contributed by atoms with Crippen LogP contribution >= 0.6 is 0 Å². The van der Waals surface area contributed by atoms with E-state index in [0.29, 0.717) is 17.6 Å². The number of pyridine rings is 1. The van der Waals surface area contributed by atoms with E-state index in [2.05, 4.69) is 215 Å². The Labute approximate surface area is 392 Å². The summed E-state index contributed by atoms with van der Waals surface area (Å²) in [7, 11) is 0. The molecule has 0 aliphatic carbocycles. The van der Waals surface area contributed by atoms with Gasteiger partial charge in [0.25, 0.3) is 0 Å². The van der Waals surface area contributed by atoms with Crippen LogP contribution in [0.1, 0.15) is 0 Å². The highest BCUT2D eigenvalue weighted by Crippen LogP contribution is 2.41. The van der Waals surface area contributed by atoms with Crippen LogP contribution < -0.4 is 0 Å². The molecule has 0 spiro atoms. The van der Waals surface area contributed by atoms with Crippen LogP contribution in [-0.2, 0) is 0 Å². The molecule has 0 aliphatic rings. The van der Waals surface area contributed by atoms with Crippen LogP contribution in [-0.4, -0.2) is 29.1 Å². The summed E-state index contributed by atoms with van der Waals surface area (Å²) < 4.78 is 4.58. The van der Waals surface area contributed by atoms with E-state index < -0.39 is 0 Å². The van der Waals surface area contributed by atoms with Gasteiger partial charge in [-0.3, -0.25) is 9.55 Å². The molecule has 0 saturated heterocycles. The van der Waals surface area contributed by atoms with Crippen molar-refractivity contribution >= 4 is 43.6 Å². The van der Waals surface area contributed by atoms with Crippen LogP contribution in [0.3, 0.4) is 0 Å². The number of nitrogens with zero attached hydrogens (tertiary/aromatic N) is 6. The SMILES string of the molecule is c1ccc(-c2cccc(-c3cccc4c5ccccc5n(-c5nc(-c6ccccc6)nc(-c6ccc(-c7cc(-c8ccccc8)ccc7-n7c8ccccc8c8ccccc87)nc6)n5)c34)c2)cc1. The molecule has 0 atom stereocenters. The first-order valence-electron chi connectivity index (χ1n) is 22.9. The average Bonchev–Trinajstić information content (AvgIpc) is 3.95. The summed E-state index contributed by atoms with van der Waals surface area (Å²) in [6.45, 7) is 0. The van der Waals surface area contributed by atoms with E-state index >= 15 is 0 Å². The van der Waals surface area contributed by atoms with E-state index in [1.807, 2.05) is 36.5 Å². The zero-order valence-corrected chi connectivity index (χ0v) is 36.8. The zero-order chi connectivity index (χ0) is 45.0. The van der Waals surface area contributed by atoms with Crippen LogP contribution in [0.2, 0.25) is 0 Å². The molecule has 68 heavy (non-hydrogen) atoms. The van der Waals surface area contributed by atoms with E-state index in [4.69, 9.17) is 19.9 Å². The largest absolute Gasteiger partial charge is 0.309 e. The van der Waals surface area contributed by atoms with E-state index in [0.717, 1.165) is 88.7 Å². The molecule has 318 valence electrons. The Morgan fingerprint density at radius 2 is 0.779 bits per heavy atom. The fraction of sp³-hybridized carbons (Fsp3) is 0. The van der Waals surface area contributed by atoms with Crippen molar-refractivity contribution in [1.29, 1.82) is 0 Å². The highest BCUT2D eigenvalue weighted by Gasteiger charge is 2.22. The molecule has 0 saturated carbocycles. The first-order valence-corrected chi connectivity index (χ1v) is 22.9. The predicted octanol–water partition coefficient (Wildman–Crippen LogP) is 15.5. The minimum atomic E-state index is 0.528. The first kappa shape index (κ1) is 39.1. The second-order valence-corrected chi connectivity index (χ2v) is 17.0. The van der Waals surface area contributed by atoms with Crippen LogP contribution in [0, 0.1) is 0 Å². The molecular formula is C62H40N6. The van der Waals surface area contributed by atoms with E-state index in [1.54, 1.807) is 0 Å². The van der Waals surface area contributed by atoms with Crippen LogP contribution in [0.25, 0.3) is 123 Å². The third kappa shape index (κ3) is 6.66. The van der Waals surface area contributed by atoms with E-state index in [9.17, 15) is 0 Å². The zero-order valence-electron chi connectivity index (χ0n) is 36.8. The first-order chi connectivity index (χ1) is 33.7. The number of fused-ring (bicyclic) bond motifs is 6. The normalized spacial score (nSPS) is 11.5. The molecule has 0 fully saturated rings. The lowest BCUT2D eigenvalue weighted by atomic mass is 9.97. The van der Waals surface area contributed by atoms with Gasteiger partial charge in [0.05, 0.1) is 33.4 Å². The van der Waals surface area contributed by atoms with Crippen molar-refractivity contribution in [2.75, 3.05) is 0 Å². The quantitative estimate of drug-likeness (QED) is 0.153. The summed E-state index contributed by atoms with van der Waals surface area (Å²) in [6.07, 6.45) is 1.90. The number of benzene rings is 9. The lowest BCUT2D eigenvalue weighted by Crippen LogP contribution is -2.07. The smallest absolute Gasteiger partial charge is 0.238 e. The number of para-hydroxylation sites is 4. The van der Waals surface area contributed by atoms with Gasteiger partial charge < -0.3 is 4.57 Å². The summed E-state index contributed by atoms with van der Waals surface area (Å²) in [6, 6.07) is 83.2. The molecule has 13 rings (SSSR count). The fourth-order valence-corrected chi connectivity index (χ4v) is 9.88. The Morgan fingerprint density at radius 1 is 0.294 bits per heavy atom. The Balaban J connectivity index is 0.996. The molecular weight excluding hydrogens is 829 g/mol. The van der Waals surface area contributed by atoms with Gasteiger partial charge >= 0.3 is 0 Å². The van der Waals surface area contributed by atoms with Gasteiger partial charge in [-0.15, -0.1) is 0 Å². The van der Waals surface area contributed by atoms with Crippen molar-refractivity contribution in [3.05, 3.63) is 243 Å².